The molecule has 1 fully saturated rings. The molecule has 0 amide bonds. The van der Waals surface area contributed by atoms with Crippen molar-refractivity contribution in [2.24, 2.45) is 11.3 Å². The summed E-state index contributed by atoms with van der Waals surface area (Å²) < 4.78 is 17.6. The monoisotopic (exact) mass is 258 g/mol. The minimum Gasteiger partial charge on any atom is -0.378 e. The molecule has 3 nitrogen and oxygen atoms in total. The summed E-state index contributed by atoms with van der Waals surface area (Å²) in [7, 11) is 5.33. The molecule has 0 aromatic carbocycles. The first-order valence-electron chi connectivity index (χ1n) is 6.71. The molecule has 108 valence electrons. The summed E-state index contributed by atoms with van der Waals surface area (Å²) >= 11 is 0. The average Bonchev–Trinajstić information content (AvgIpc) is 2.50. The van der Waals surface area contributed by atoms with Gasteiger partial charge in [0.15, 0.2) is 0 Å². The molecule has 4 atom stereocenters. The molecule has 1 aliphatic carbocycles. The molecule has 1 aliphatic rings. The second kappa shape index (κ2) is 4.46. The smallest absolute Gasteiger partial charge is 0.102 e. The van der Waals surface area contributed by atoms with Crippen LogP contribution in [0.5, 0.6) is 0 Å². The minimum absolute atomic E-state index is 0.117. The first-order valence-corrected chi connectivity index (χ1v) is 6.71. The van der Waals surface area contributed by atoms with Crippen LogP contribution in [0, 0.1) is 11.3 Å². The largest absolute Gasteiger partial charge is 0.378 e. The van der Waals surface area contributed by atoms with Crippen LogP contribution in [0.4, 0.5) is 0 Å². The Morgan fingerprint density at radius 2 is 1.50 bits per heavy atom. The molecular weight excluding hydrogens is 228 g/mol. The van der Waals surface area contributed by atoms with Gasteiger partial charge in [0.05, 0.1) is 11.2 Å². The Labute approximate surface area is 112 Å². The van der Waals surface area contributed by atoms with E-state index in [9.17, 15) is 0 Å². The zero-order valence-corrected chi connectivity index (χ0v) is 13.5. The second-order valence-electron chi connectivity index (χ2n) is 6.70. The number of rotatable bonds is 4. The Morgan fingerprint density at radius 1 is 1.00 bits per heavy atom. The van der Waals surface area contributed by atoms with Crippen LogP contribution >= 0.6 is 0 Å². The molecule has 0 heterocycles. The maximum absolute atomic E-state index is 5.97. The van der Waals surface area contributed by atoms with Crippen molar-refractivity contribution in [3.05, 3.63) is 0 Å². The summed E-state index contributed by atoms with van der Waals surface area (Å²) in [6.45, 7) is 13.1. The van der Waals surface area contributed by atoms with Gasteiger partial charge < -0.3 is 14.2 Å². The van der Waals surface area contributed by atoms with Crippen molar-refractivity contribution in [1.29, 1.82) is 0 Å². The van der Waals surface area contributed by atoms with Gasteiger partial charge in [-0.05, 0) is 40.0 Å². The second-order valence-corrected chi connectivity index (χ2v) is 6.70. The van der Waals surface area contributed by atoms with Crippen molar-refractivity contribution in [2.75, 3.05) is 21.3 Å². The summed E-state index contributed by atoms with van der Waals surface area (Å²) in [5.74, 6) is 0.409. The Bertz CT molecular complexity index is 313. The lowest BCUT2D eigenvalue weighted by Gasteiger charge is -2.54. The first kappa shape index (κ1) is 15.9. The van der Waals surface area contributed by atoms with Crippen molar-refractivity contribution in [3.8, 4) is 0 Å². The SMILES string of the molecule is COC(C)(C)[C@]1(C)C[C@@H](C)[C@](C)(OC)[C@]1(C)OC. The normalized spacial score (nSPS) is 45.5. The zero-order valence-electron chi connectivity index (χ0n) is 13.5. The summed E-state index contributed by atoms with van der Waals surface area (Å²) in [6.07, 6.45) is 1.02. The van der Waals surface area contributed by atoms with Gasteiger partial charge in [-0.25, -0.2) is 0 Å². The summed E-state index contributed by atoms with van der Waals surface area (Å²) in [4.78, 5) is 0. The quantitative estimate of drug-likeness (QED) is 0.774. The van der Waals surface area contributed by atoms with E-state index in [1.54, 1.807) is 21.3 Å². The number of methoxy groups -OCH3 is 3. The van der Waals surface area contributed by atoms with Crippen LogP contribution in [0.1, 0.15) is 48.0 Å². The fraction of sp³-hybridized carbons (Fsp3) is 1.00. The molecule has 0 aromatic heterocycles. The average molecular weight is 258 g/mol. The fourth-order valence-electron chi connectivity index (χ4n) is 3.89. The lowest BCUT2D eigenvalue weighted by molar-refractivity contribution is -0.237. The van der Waals surface area contributed by atoms with Gasteiger partial charge in [-0.15, -0.1) is 0 Å². The molecule has 0 N–H and O–H groups in total. The first-order chi connectivity index (χ1) is 8.06. The van der Waals surface area contributed by atoms with Crippen LogP contribution in [0.15, 0.2) is 0 Å². The van der Waals surface area contributed by atoms with Crippen molar-refractivity contribution in [3.63, 3.8) is 0 Å². The highest BCUT2D eigenvalue weighted by atomic mass is 16.6. The molecule has 0 radical (unpaired) electrons. The van der Waals surface area contributed by atoms with Gasteiger partial charge >= 0.3 is 0 Å². The minimum atomic E-state index is -0.395. The number of hydrogen-bond acceptors (Lipinski definition) is 3. The van der Waals surface area contributed by atoms with Crippen LogP contribution in [0.25, 0.3) is 0 Å². The lowest BCUT2D eigenvalue weighted by Crippen LogP contribution is -2.63. The van der Waals surface area contributed by atoms with Crippen LogP contribution in [-0.4, -0.2) is 38.1 Å². The molecule has 0 bridgehead atoms. The van der Waals surface area contributed by atoms with Gasteiger partial charge in [0.2, 0.25) is 0 Å². The van der Waals surface area contributed by atoms with Crippen LogP contribution < -0.4 is 0 Å². The molecule has 1 rings (SSSR count). The van der Waals surface area contributed by atoms with E-state index in [1.807, 2.05) is 0 Å². The van der Waals surface area contributed by atoms with Gasteiger partial charge in [0, 0.05) is 26.7 Å². The van der Waals surface area contributed by atoms with Gasteiger partial charge in [0.25, 0.3) is 0 Å². The van der Waals surface area contributed by atoms with E-state index in [-0.39, 0.29) is 16.6 Å². The Balaban J connectivity index is 3.41. The highest BCUT2D eigenvalue weighted by molar-refractivity contribution is 5.20. The fourth-order valence-corrected chi connectivity index (χ4v) is 3.89. The van der Waals surface area contributed by atoms with Crippen molar-refractivity contribution in [2.45, 2.75) is 64.8 Å². The third-order valence-electron chi connectivity index (χ3n) is 6.33. The predicted octanol–water partition coefficient (Wildman–Crippen LogP) is 3.27. The molecule has 18 heavy (non-hydrogen) atoms. The Morgan fingerprint density at radius 3 is 1.83 bits per heavy atom. The van der Waals surface area contributed by atoms with Crippen LogP contribution in [0.3, 0.4) is 0 Å². The molecule has 0 spiro atoms. The molecule has 3 heteroatoms. The highest BCUT2D eigenvalue weighted by Crippen LogP contribution is 2.62. The van der Waals surface area contributed by atoms with Crippen molar-refractivity contribution < 1.29 is 14.2 Å². The molecule has 1 saturated carbocycles. The lowest BCUT2D eigenvalue weighted by atomic mass is 9.63. The van der Waals surface area contributed by atoms with Gasteiger partial charge in [-0.3, -0.25) is 0 Å². The van der Waals surface area contributed by atoms with Crippen LogP contribution in [0.2, 0.25) is 0 Å². The van der Waals surface area contributed by atoms with E-state index in [4.69, 9.17) is 14.2 Å². The molecular formula is C15H30O3. The third kappa shape index (κ3) is 1.60. The zero-order chi connectivity index (χ0) is 14.4. The molecule has 0 aromatic rings. The van der Waals surface area contributed by atoms with Gasteiger partial charge in [0.1, 0.15) is 5.60 Å². The molecule has 0 saturated heterocycles. The maximum Gasteiger partial charge on any atom is 0.102 e. The highest BCUT2D eigenvalue weighted by Gasteiger charge is 2.70. The van der Waals surface area contributed by atoms with E-state index >= 15 is 0 Å². The predicted molar refractivity (Wildman–Crippen MR) is 73.8 cm³/mol. The number of ether oxygens (including phenoxy) is 3. The summed E-state index contributed by atoms with van der Waals surface area (Å²) in [6, 6.07) is 0. The standard InChI is InChI=1S/C15H30O3/c1-11-10-13(4,12(2,3)16-7)15(6,18-9)14(11,5)17-8/h11H,10H2,1-9H3/t11-,13+,14+,15-/m1/s1. The van der Waals surface area contributed by atoms with Crippen molar-refractivity contribution >= 4 is 0 Å². The Kier molecular flexibility index (Phi) is 3.95. The van der Waals surface area contributed by atoms with E-state index in [0.29, 0.717) is 5.92 Å². The molecule has 0 unspecified atom stereocenters. The number of hydrogen-bond donors (Lipinski definition) is 0. The van der Waals surface area contributed by atoms with E-state index in [0.717, 1.165) is 6.42 Å². The third-order valence-corrected chi connectivity index (χ3v) is 6.33. The maximum atomic E-state index is 5.97. The summed E-state index contributed by atoms with van der Waals surface area (Å²) in [5.41, 5.74) is -1.10. The van der Waals surface area contributed by atoms with Crippen LogP contribution in [-0.2, 0) is 14.2 Å². The van der Waals surface area contributed by atoms with Gasteiger partial charge in [-0.2, -0.15) is 0 Å². The molecule has 0 aliphatic heterocycles. The Hall–Kier alpha value is -0.120. The summed E-state index contributed by atoms with van der Waals surface area (Å²) in [5, 5.41) is 0. The topological polar surface area (TPSA) is 27.7 Å². The van der Waals surface area contributed by atoms with E-state index in [2.05, 4.69) is 41.5 Å². The van der Waals surface area contributed by atoms with E-state index in [1.165, 1.54) is 0 Å². The van der Waals surface area contributed by atoms with E-state index < -0.39 is 5.60 Å². The van der Waals surface area contributed by atoms with Crippen molar-refractivity contribution in [1.82, 2.24) is 0 Å². The van der Waals surface area contributed by atoms with Gasteiger partial charge in [-0.1, -0.05) is 13.8 Å².